The third-order valence-corrected chi connectivity index (χ3v) is 3.42. The fourth-order valence-corrected chi connectivity index (χ4v) is 2.18. The smallest absolute Gasteiger partial charge is 0.258 e. The summed E-state index contributed by atoms with van der Waals surface area (Å²) in [5.74, 6) is 0.724. The molecule has 0 bridgehead atoms. The molecule has 3 rings (SSSR count). The Bertz CT molecular complexity index is 828. The van der Waals surface area contributed by atoms with Crippen molar-refractivity contribution < 1.29 is 4.79 Å². The van der Waals surface area contributed by atoms with Crippen LogP contribution in [0.1, 0.15) is 15.9 Å². The van der Waals surface area contributed by atoms with E-state index in [1.54, 1.807) is 29.3 Å². The molecule has 7 heteroatoms. The van der Waals surface area contributed by atoms with Crippen molar-refractivity contribution in [3.8, 4) is 0 Å². The second-order valence-corrected chi connectivity index (χ2v) is 5.50. The maximum atomic E-state index is 12.3. The van der Waals surface area contributed by atoms with Gasteiger partial charge >= 0.3 is 0 Å². The number of hydrogen-bond donors (Lipinski definition) is 1. The molecule has 7 nitrogen and oxygen atoms in total. The highest BCUT2D eigenvalue weighted by molar-refractivity contribution is 6.03. The number of rotatable bonds is 5. The Balaban J connectivity index is 1.68. The fourth-order valence-electron chi connectivity index (χ4n) is 2.18. The van der Waals surface area contributed by atoms with Crippen LogP contribution in [0.4, 0.5) is 11.8 Å². The van der Waals surface area contributed by atoms with E-state index in [9.17, 15) is 4.79 Å². The van der Waals surface area contributed by atoms with Gasteiger partial charge in [0.15, 0.2) is 0 Å². The molecule has 0 unspecified atom stereocenters. The molecule has 0 aliphatic carbocycles. The lowest BCUT2D eigenvalue weighted by Gasteiger charge is -2.11. The summed E-state index contributed by atoms with van der Waals surface area (Å²) >= 11 is 0. The molecule has 2 aromatic heterocycles. The monoisotopic (exact) mass is 322 g/mol. The number of amides is 1. The van der Waals surface area contributed by atoms with Gasteiger partial charge in [0.1, 0.15) is 12.1 Å². The first-order valence-corrected chi connectivity index (χ1v) is 7.50. The summed E-state index contributed by atoms with van der Waals surface area (Å²) in [5, 5.41) is 6.98. The predicted octanol–water partition coefficient (Wildman–Crippen LogP) is 2.04. The van der Waals surface area contributed by atoms with Crippen molar-refractivity contribution in [2.45, 2.75) is 6.54 Å². The largest absolute Gasteiger partial charge is 0.363 e. The molecule has 122 valence electrons. The van der Waals surface area contributed by atoms with Crippen LogP contribution in [-0.2, 0) is 6.54 Å². The molecular weight excluding hydrogens is 304 g/mol. The summed E-state index contributed by atoms with van der Waals surface area (Å²) in [6.45, 7) is 0.601. The standard InChI is InChI=1S/C17H18N6O/c1-22(2)15-10-14(8-9-18-15)16(24)20-17-19-12-23(21-17)11-13-6-4-3-5-7-13/h3-10,12H,11H2,1-2H3,(H,20,21,24). The van der Waals surface area contributed by atoms with Crippen LogP contribution in [0.15, 0.2) is 55.0 Å². The Kier molecular flexibility index (Phi) is 4.51. The Hall–Kier alpha value is -3.22. The van der Waals surface area contributed by atoms with Crippen LogP contribution in [0, 0.1) is 0 Å². The van der Waals surface area contributed by atoms with E-state index in [0.29, 0.717) is 17.9 Å². The van der Waals surface area contributed by atoms with Gasteiger partial charge in [-0.3, -0.25) is 10.1 Å². The lowest BCUT2D eigenvalue weighted by molar-refractivity contribution is 0.102. The minimum Gasteiger partial charge on any atom is -0.363 e. The first-order chi connectivity index (χ1) is 11.6. The van der Waals surface area contributed by atoms with Crippen molar-refractivity contribution in [2.75, 3.05) is 24.3 Å². The molecule has 0 aliphatic heterocycles. The number of pyridine rings is 1. The van der Waals surface area contributed by atoms with Gasteiger partial charge in [0.25, 0.3) is 5.91 Å². The van der Waals surface area contributed by atoms with Gasteiger partial charge < -0.3 is 4.90 Å². The van der Waals surface area contributed by atoms with Crippen LogP contribution in [0.25, 0.3) is 0 Å². The zero-order valence-corrected chi connectivity index (χ0v) is 13.5. The van der Waals surface area contributed by atoms with E-state index in [1.807, 2.05) is 49.3 Å². The third-order valence-electron chi connectivity index (χ3n) is 3.42. The zero-order chi connectivity index (χ0) is 16.9. The summed E-state index contributed by atoms with van der Waals surface area (Å²) in [6.07, 6.45) is 3.20. The van der Waals surface area contributed by atoms with Crippen LogP contribution in [0.3, 0.4) is 0 Å². The molecule has 24 heavy (non-hydrogen) atoms. The Morgan fingerprint density at radius 3 is 2.71 bits per heavy atom. The number of anilines is 2. The van der Waals surface area contributed by atoms with E-state index in [-0.39, 0.29) is 11.9 Å². The normalized spacial score (nSPS) is 10.4. The van der Waals surface area contributed by atoms with Crippen molar-refractivity contribution in [2.24, 2.45) is 0 Å². The van der Waals surface area contributed by atoms with E-state index in [2.05, 4.69) is 20.4 Å². The first kappa shape index (κ1) is 15.7. The van der Waals surface area contributed by atoms with Gasteiger partial charge in [-0.25, -0.2) is 14.6 Å². The molecule has 0 saturated carbocycles. The van der Waals surface area contributed by atoms with Crippen LogP contribution >= 0.6 is 0 Å². The second kappa shape index (κ2) is 6.91. The predicted molar refractivity (Wildman–Crippen MR) is 92.1 cm³/mol. The van der Waals surface area contributed by atoms with Crippen molar-refractivity contribution in [1.29, 1.82) is 0 Å². The Labute approximate surface area is 140 Å². The summed E-state index contributed by atoms with van der Waals surface area (Å²) in [7, 11) is 3.74. The molecule has 1 N–H and O–H groups in total. The van der Waals surface area contributed by atoms with Crippen molar-refractivity contribution in [3.63, 3.8) is 0 Å². The van der Waals surface area contributed by atoms with Crippen LogP contribution in [0.5, 0.6) is 0 Å². The maximum Gasteiger partial charge on any atom is 0.258 e. The summed E-state index contributed by atoms with van der Waals surface area (Å²) < 4.78 is 1.68. The van der Waals surface area contributed by atoms with E-state index in [0.717, 1.165) is 5.56 Å². The minimum atomic E-state index is -0.266. The molecule has 2 heterocycles. The molecule has 1 amide bonds. The van der Waals surface area contributed by atoms with Crippen LogP contribution < -0.4 is 10.2 Å². The van der Waals surface area contributed by atoms with Gasteiger partial charge in [0.2, 0.25) is 5.95 Å². The van der Waals surface area contributed by atoms with Gasteiger partial charge in [-0.1, -0.05) is 30.3 Å². The number of nitrogens with zero attached hydrogens (tertiary/aromatic N) is 5. The molecule has 0 saturated heterocycles. The van der Waals surface area contributed by atoms with Gasteiger partial charge in [-0.05, 0) is 17.7 Å². The Morgan fingerprint density at radius 1 is 1.17 bits per heavy atom. The van der Waals surface area contributed by atoms with Crippen molar-refractivity contribution in [1.82, 2.24) is 19.7 Å². The summed E-state index contributed by atoms with van der Waals surface area (Å²) in [6, 6.07) is 13.3. The SMILES string of the molecule is CN(C)c1cc(C(=O)Nc2ncn(Cc3ccccc3)n2)ccn1. The van der Waals surface area contributed by atoms with E-state index >= 15 is 0 Å². The maximum absolute atomic E-state index is 12.3. The molecule has 0 aliphatic rings. The first-order valence-electron chi connectivity index (χ1n) is 7.50. The molecular formula is C17H18N6O. The molecule has 0 spiro atoms. The average Bonchev–Trinajstić information content (AvgIpc) is 3.02. The highest BCUT2D eigenvalue weighted by Gasteiger charge is 2.11. The number of hydrogen-bond acceptors (Lipinski definition) is 5. The van der Waals surface area contributed by atoms with Gasteiger partial charge in [0, 0.05) is 25.9 Å². The van der Waals surface area contributed by atoms with Gasteiger partial charge in [0.05, 0.1) is 6.54 Å². The Morgan fingerprint density at radius 2 is 1.96 bits per heavy atom. The van der Waals surface area contributed by atoms with Crippen LogP contribution in [-0.4, -0.2) is 39.8 Å². The van der Waals surface area contributed by atoms with E-state index in [1.165, 1.54) is 0 Å². The molecule has 0 fully saturated rings. The van der Waals surface area contributed by atoms with Crippen molar-refractivity contribution in [3.05, 3.63) is 66.1 Å². The number of nitrogens with one attached hydrogen (secondary N) is 1. The topological polar surface area (TPSA) is 75.9 Å². The average molecular weight is 322 g/mol. The van der Waals surface area contributed by atoms with Gasteiger partial charge in [-0.2, -0.15) is 0 Å². The molecule has 3 aromatic rings. The highest BCUT2D eigenvalue weighted by atomic mass is 16.1. The van der Waals surface area contributed by atoms with Crippen molar-refractivity contribution >= 4 is 17.7 Å². The fraction of sp³-hybridized carbons (Fsp3) is 0.176. The number of benzene rings is 1. The molecule has 0 atom stereocenters. The molecule has 0 radical (unpaired) electrons. The second-order valence-electron chi connectivity index (χ2n) is 5.50. The number of carbonyl (C=O) groups is 1. The van der Waals surface area contributed by atoms with Crippen LogP contribution in [0.2, 0.25) is 0 Å². The zero-order valence-electron chi connectivity index (χ0n) is 13.5. The summed E-state index contributed by atoms with van der Waals surface area (Å²) in [5.41, 5.74) is 1.62. The highest BCUT2D eigenvalue weighted by Crippen LogP contribution is 2.11. The number of aromatic nitrogens is 4. The minimum absolute atomic E-state index is 0.266. The quantitative estimate of drug-likeness (QED) is 0.778. The number of carbonyl (C=O) groups excluding carboxylic acids is 1. The van der Waals surface area contributed by atoms with E-state index < -0.39 is 0 Å². The van der Waals surface area contributed by atoms with Gasteiger partial charge in [-0.15, -0.1) is 5.10 Å². The lowest BCUT2D eigenvalue weighted by atomic mass is 10.2. The summed E-state index contributed by atoms with van der Waals surface area (Å²) in [4.78, 5) is 22.5. The molecule has 1 aromatic carbocycles. The third kappa shape index (κ3) is 3.75. The lowest BCUT2D eigenvalue weighted by Crippen LogP contribution is -2.16. The van der Waals surface area contributed by atoms with E-state index in [4.69, 9.17) is 0 Å².